The van der Waals surface area contributed by atoms with Gasteiger partial charge >= 0.3 is 0 Å². The standard InChI is InChI=1S/C7H17N3O/c8-1-5-4-11-7(3-10)6(5)2-9/h5-7H,1-4,8-10H2. The summed E-state index contributed by atoms with van der Waals surface area (Å²) in [5, 5.41) is 0. The molecule has 6 N–H and O–H groups in total. The van der Waals surface area contributed by atoms with Crippen LogP contribution >= 0.6 is 0 Å². The van der Waals surface area contributed by atoms with Crippen LogP contribution in [0.25, 0.3) is 0 Å². The number of hydrogen-bond donors (Lipinski definition) is 3. The molecule has 0 bridgehead atoms. The van der Waals surface area contributed by atoms with E-state index in [9.17, 15) is 0 Å². The van der Waals surface area contributed by atoms with Gasteiger partial charge in [-0.15, -0.1) is 0 Å². The lowest BCUT2D eigenvalue weighted by atomic mass is 9.91. The summed E-state index contributed by atoms with van der Waals surface area (Å²) in [4.78, 5) is 0. The largest absolute Gasteiger partial charge is 0.376 e. The Morgan fingerprint density at radius 3 is 2.27 bits per heavy atom. The van der Waals surface area contributed by atoms with Gasteiger partial charge in [-0.3, -0.25) is 0 Å². The summed E-state index contributed by atoms with van der Waals surface area (Å²) >= 11 is 0. The van der Waals surface area contributed by atoms with Crippen molar-refractivity contribution in [2.24, 2.45) is 29.0 Å². The van der Waals surface area contributed by atoms with Gasteiger partial charge in [0, 0.05) is 18.4 Å². The van der Waals surface area contributed by atoms with Crippen LogP contribution in [0.5, 0.6) is 0 Å². The summed E-state index contributed by atoms with van der Waals surface area (Å²) in [7, 11) is 0. The van der Waals surface area contributed by atoms with E-state index in [1.54, 1.807) is 0 Å². The topological polar surface area (TPSA) is 87.3 Å². The third-order valence-corrected chi connectivity index (χ3v) is 2.41. The van der Waals surface area contributed by atoms with Crippen LogP contribution in [0.4, 0.5) is 0 Å². The van der Waals surface area contributed by atoms with Crippen molar-refractivity contribution in [2.45, 2.75) is 6.10 Å². The molecule has 3 unspecified atom stereocenters. The van der Waals surface area contributed by atoms with Gasteiger partial charge in [-0.25, -0.2) is 0 Å². The third-order valence-electron chi connectivity index (χ3n) is 2.41. The summed E-state index contributed by atoms with van der Waals surface area (Å²) in [6.45, 7) is 2.56. The average molecular weight is 159 g/mol. The maximum absolute atomic E-state index is 5.57. The molecule has 1 heterocycles. The van der Waals surface area contributed by atoms with Crippen LogP contribution in [0.2, 0.25) is 0 Å². The molecule has 4 heteroatoms. The zero-order chi connectivity index (χ0) is 8.27. The summed E-state index contributed by atoms with van der Waals surface area (Å²) in [6.07, 6.45) is 0.133. The fourth-order valence-electron chi connectivity index (χ4n) is 1.63. The minimum Gasteiger partial charge on any atom is -0.376 e. The summed E-state index contributed by atoms with van der Waals surface area (Å²) in [6, 6.07) is 0. The molecule has 1 aliphatic heterocycles. The van der Waals surface area contributed by atoms with Crippen LogP contribution in [0.1, 0.15) is 0 Å². The number of nitrogens with two attached hydrogens (primary N) is 3. The lowest BCUT2D eigenvalue weighted by molar-refractivity contribution is 0.0981. The summed E-state index contributed by atoms with van der Waals surface area (Å²) in [5.41, 5.74) is 16.6. The molecule has 1 fully saturated rings. The van der Waals surface area contributed by atoms with Crippen LogP contribution in [-0.2, 0) is 4.74 Å². The molecule has 0 radical (unpaired) electrons. The van der Waals surface area contributed by atoms with Gasteiger partial charge in [-0.05, 0) is 13.1 Å². The van der Waals surface area contributed by atoms with E-state index in [1.807, 2.05) is 0 Å². The van der Waals surface area contributed by atoms with Gasteiger partial charge in [0.2, 0.25) is 0 Å². The van der Waals surface area contributed by atoms with Crippen molar-refractivity contribution >= 4 is 0 Å². The van der Waals surface area contributed by atoms with E-state index in [-0.39, 0.29) is 6.10 Å². The second-order valence-corrected chi connectivity index (χ2v) is 3.00. The molecule has 0 aromatic rings. The highest BCUT2D eigenvalue weighted by Gasteiger charge is 2.34. The van der Waals surface area contributed by atoms with Gasteiger partial charge in [-0.2, -0.15) is 0 Å². The van der Waals surface area contributed by atoms with Gasteiger partial charge in [0.25, 0.3) is 0 Å². The van der Waals surface area contributed by atoms with Crippen molar-refractivity contribution in [1.29, 1.82) is 0 Å². The molecule has 1 aliphatic rings. The highest BCUT2D eigenvalue weighted by atomic mass is 16.5. The molecule has 0 aromatic carbocycles. The number of hydrogen-bond acceptors (Lipinski definition) is 4. The third kappa shape index (κ3) is 1.70. The van der Waals surface area contributed by atoms with Crippen molar-refractivity contribution in [1.82, 2.24) is 0 Å². The highest BCUT2D eigenvalue weighted by molar-refractivity contribution is 4.85. The molecule has 3 atom stereocenters. The first-order chi connectivity index (χ1) is 5.33. The molecule has 4 nitrogen and oxygen atoms in total. The van der Waals surface area contributed by atoms with Gasteiger partial charge in [-0.1, -0.05) is 0 Å². The first-order valence-corrected chi connectivity index (χ1v) is 4.05. The van der Waals surface area contributed by atoms with E-state index in [0.717, 1.165) is 6.61 Å². The quantitative estimate of drug-likeness (QED) is 0.467. The predicted octanol–water partition coefficient (Wildman–Crippen LogP) is -1.51. The van der Waals surface area contributed by atoms with E-state index in [4.69, 9.17) is 21.9 Å². The van der Waals surface area contributed by atoms with E-state index in [0.29, 0.717) is 31.5 Å². The molecule has 0 spiro atoms. The minimum absolute atomic E-state index is 0.133. The molecule has 66 valence electrons. The maximum Gasteiger partial charge on any atom is 0.0741 e. The predicted molar refractivity (Wildman–Crippen MR) is 43.9 cm³/mol. The van der Waals surface area contributed by atoms with Crippen LogP contribution < -0.4 is 17.2 Å². The van der Waals surface area contributed by atoms with Gasteiger partial charge in [0.15, 0.2) is 0 Å². The smallest absolute Gasteiger partial charge is 0.0741 e. The Balaban J connectivity index is 2.48. The molecule has 11 heavy (non-hydrogen) atoms. The molecule has 0 aromatic heterocycles. The van der Waals surface area contributed by atoms with E-state index in [2.05, 4.69) is 0 Å². The Morgan fingerprint density at radius 2 is 1.82 bits per heavy atom. The van der Waals surface area contributed by atoms with E-state index in [1.165, 1.54) is 0 Å². The minimum atomic E-state index is 0.133. The first kappa shape index (κ1) is 8.93. The summed E-state index contributed by atoms with van der Waals surface area (Å²) in [5.74, 6) is 0.776. The Kier molecular flexibility index (Phi) is 3.26. The molecule has 0 aliphatic carbocycles. The highest BCUT2D eigenvalue weighted by Crippen LogP contribution is 2.24. The van der Waals surface area contributed by atoms with E-state index < -0.39 is 0 Å². The molecule has 1 saturated heterocycles. The lowest BCUT2D eigenvalue weighted by Gasteiger charge is -2.18. The zero-order valence-corrected chi connectivity index (χ0v) is 6.70. The van der Waals surface area contributed by atoms with Crippen LogP contribution in [0.3, 0.4) is 0 Å². The lowest BCUT2D eigenvalue weighted by Crippen LogP contribution is -2.35. The zero-order valence-electron chi connectivity index (χ0n) is 6.70. The summed E-state index contributed by atoms with van der Waals surface area (Å²) < 4.78 is 5.42. The average Bonchev–Trinajstić information content (AvgIpc) is 2.45. The van der Waals surface area contributed by atoms with Crippen molar-refractivity contribution in [2.75, 3.05) is 26.2 Å². The van der Waals surface area contributed by atoms with Crippen LogP contribution in [0, 0.1) is 11.8 Å². The number of rotatable bonds is 3. The Hall–Kier alpha value is -0.160. The molecular weight excluding hydrogens is 142 g/mol. The monoisotopic (exact) mass is 159 g/mol. The van der Waals surface area contributed by atoms with Crippen molar-refractivity contribution < 1.29 is 4.74 Å². The van der Waals surface area contributed by atoms with Crippen LogP contribution in [0.15, 0.2) is 0 Å². The van der Waals surface area contributed by atoms with Gasteiger partial charge in [0.05, 0.1) is 12.7 Å². The molecule has 0 saturated carbocycles. The second-order valence-electron chi connectivity index (χ2n) is 3.00. The Morgan fingerprint density at radius 1 is 1.09 bits per heavy atom. The molecule has 0 amide bonds. The molecule has 1 rings (SSSR count). The van der Waals surface area contributed by atoms with E-state index >= 15 is 0 Å². The second kappa shape index (κ2) is 4.01. The Labute approximate surface area is 67.1 Å². The maximum atomic E-state index is 5.57. The fraction of sp³-hybridized carbons (Fsp3) is 1.00. The number of ether oxygens (including phenoxy) is 1. The fourth-order valence-corrected chi connectivity index (χ4v) is 1.63. The first-order valence-electron chi connectivity index (χ1n) is 4.05. The van der Waals surface area contributed by atoms with Gasteiger partial charge < -0.3 is 21.9 Å². The Bertz CT molecular complexity index is 108. The SMILES string of the molecule is NCC1COC(CN)C1CN. The molecular formula is C7H17N3O. The normalized spacial score (nSPS) is 37.9. The van der Waals surface area contributed by atoms with Gasteiger partial charge in [0.1, 0.15) is 0 Å². The van der Waals surface area contributed by atoms with Crippen molar-refractivity contribution in [3.05, 3.63) is 0 Å². The van der Waals surface area contributed by atoms with Crippen molar-refractivity contribution in [3.8, 4) is 0 Å². The van der Waals surface area contributed by atoms with Crippen LogP contribution in [-0.4, -0.2) is 32.3 Å². The van der Waals surface area contributed by atoms with Crippen molar-refractivity contribution in [3.63, 3.8) is 0 Å².